The van der Waals surface area contributed by atoms with Gasteiger partial charge in [-0.05, 0) is 68.1 Å². The molecule has 2 aromatic heterocycles. The van der Waals surface area contributed by atoms with E-state index in [2.05, 4.69) is 20.5 Å². The van der Waals surface area contributed by atoms with Crippen molar-refractivity contribution in [2.24, 2.45) is 0 Å². The number of hydrogen-bond acceptors (Lipinski definition) is 6. The fourth-order valence-corrected chi connectivity index (χ4v) is 5.60. The Morgan fingerprint density at radius 1 is 1.06 bits per heavy atom. The van der Waals surface area contributed by atoms with Gasteiger partial charge >= 0.3 is 0 Å². The maximum atomic E-state index is 14.9. The Labute approximate surface area is 214 Å². The van der Waals surface area contributed by atoms with Gasteiger partial charge in [-0.25, -0.2) is 9.37 Å². The Morgan fingerprint density at radius 3 is 2.69 bits per heavy atom. The highest BCUT2D eigenvalue weighted by Crippen LogP contribution is 2.35. The molecule has 8 nitrogen and oxygen atoms in total. The normalized spacial score (nSPS) is 19.8. The highest BCUT2D eigenvalue weighted by Gasteiger charge is 2.29. The van der Waals surface area contributed by atoms with E-state index in [9.17, 15) is 14.0 Å². The van der Waals surface area contributed by atoms with Crippen molar-refractivity contribution in [2.75, 3.05) is 31.6 Å². The van der Waals surface area contributed by atoms with Crippen molar-refractivity contribution in [3.8, 4) is 5.75 Å². The Hall–Kier alpha value is -3.01. The molecule has 3 aliphatic rings. The molecule has 10 heteroatoms. The number of hydrogen-bond donors (Lipinski definition) is 2. The van der Waals surface area contributed by atoms with Crippen molar-refractivity contribution in [1.29, 1.82) is 0 Å². The van der Waals surface area contributed by atoms with Crippen LogP contribution in [0.3, 0.4) is 0 Å². The number of nitrogens with one attached hydrogen (secondary N) is 2. The lowest BCUT2D eigenvalue weighted by Gasteiger charge is -2.36. The average Bonchev–Trinajstić information content (AvgIpc) is 2.87. The number of amides is 1. The molecule has 1 unspecified atom stereocenters. The minimum Gasteiger partial charge on any atom is -0.480 e. The van der Waals surface area contributed by atoms with Crippen molar-refractivity contribution < 1.29 is 13.9 Å². The van der Waals surface area contributed by atoms with Gasteiger partial charge in [-0.15, -0.1) is 12.4 Å². The Morgan fingerprint density at radius 2 is 1.86 bits per heavy atom. The number of carbonyl (C=O) groups excluding carboxylic acids is 1. The molecule has 0 saturated carbocycles. The summed E-state index contributed by atoms with van der Waals surface area (Å²) in [5.74, 6) is 0.768. The summed E-state index contributed by atoms with van der Waals surface area (Å²) in [6.07, 6.45) is 2.77. The number of halogens is 2. The minimum atomic E-state index is -0.211. The summed E-state index contributed by atoms with van der Waals surface area (Å²) in [6.45, 7) is 3.96. The largest absolute Gasteiger partial charge is 0.480 e. The zero-order valence-electron chi connectivity index (χ0n) is 19.8. The molecule has 5 heterocycles. The number of fused-ring (bicyclic) bond motifs is 1. The third kappa shape index (κ3) is 4.70. The van der Waals surface area contributed by atoms with Crippen molar-refractivity contribution >= 4 is 35.0 Å². The molecular weight excluding hydrogens is 485 g/mol. The molecule has 6 rings (SSSR count). The van der Waals surface area contributed by atoms with E-state index in [-0.39, 0.29) is 42.2 Å². The van der Waals surface area contributed by atoms with Gasteiger partial charge in [0.05, 0.1) is 11.2 Å². The molecule has 2 N–H and O–H groups in total. The van der Waals surface area contributed by atoms with Crippen LogP contribution < -0.4 is 20.9 Å². The highest BCUT2D eigenvalue weighted by molar-refractivity contribution is 5.94. The second-order valence-corrected chi connectivity index (χ2v) is 9.65. The van der Waals surface area contributed by atoms with E-state index in [4.69, 9.17) is 4.74 Å². The number of rotatable bonds is 5. The van der Waals surface area contributed by atoms with Crippen LogP contribution in [-0.4, -0.2) is 52.6 Å². The van der Waals surface area contributed by atoms with Gasteiger partial charge in [-0.3, -0.25) is 9.59 Å². The smallest absolute Gasteiger partial charge is 0.263 e. The van der Waals surface area contributed by atoms with Gasteiger partial charge in [-0.1, -0.05) is 0 Å². The quantitative estimate of drug-likeness (QED) is 0.545. The van der Waals surface area contributed by atoms with Gasteiger partial charge in [0, 0.05) is 43.2 Å². The molecular formula is C26H29ClFN5O3. The lowest BCUT2D eigenvalue weighted by molar-refractivity contribution is -0.118. The van der Waals surface area contributed by atoms with E-state index < -0.39 is 0 Å². The van der Waals surface area contributed by atoms with Crippen LogP contribution in [0.25, 0.3) is 10.9 Å². The first kappa shape index (κ1) is 24.7. The van der Waals surface area contributed by atoms with E-state index in [1.54, 1.807) is 22.8 Å². The summed E-state index contributed by atoms with van der Waals surface area (Å²) in [4.78, 5) is 30.8. The van der Waals surface area contributed by atoms with Gasteiger partial charge in [0.1, 0.15) is 5.82 Å². The number of nitrogens with zero attached hydrogens (tertiary/aromatic N) is 3. The number of piperidine rings is 1. The number of carbonyl (C=O) groups is 1. The zero-order chi connectivity index (χ0) is 23.9. The molecule has 3 aromatic rings. The van der Waals surface area contributed by atoms with E-state index in [0.29, 0.717) is 36.3 Å². The molecule has 1 saturated heterocycles. The fourth-order valence-electron chi connectivity index (χ4n) is 5.60. The number of aryl methyl sites for hydroxylation is 1. The topological polar surface area (TPSA) is 88.5 Å². The third-order valence-electron chi connectivity index (χ3n) is 7.42. The predicted octanol–water partition coefficient (Wildman–Crippen LogP) is 3.03. The molecule has 0 aliphatic carbocycles. The van der Waals surface area contributed by atoms with E-state index in [0.717, 1.165) is 55.5 Å². The van der Waals surface area contributed by atoms with Gasteiger partial charge < -0.3 is 24.8 Å². The van der Waals surface area contributed by atoms with E-state index in [1.165, 1.54) is 6.07 Å². The summed E-state index contributed by atoms with van der Waals surface area (Å²) in [7, 11) is 0. The van der Waals surface area contributed by atoms with Crippen molar-refractivity contribution in [1.82, 2.24) is 19.8 Å². The summed E-state index contributed by atoms with van der Waals surface area (Å²) in [5, 5.41) is 7.26. The molecule has 0 spiro atoms. The van der Waals surface area contributed by atoms with Crippen LogP contribution in [0.1, 0.15) is 36.4 Å². The molecule has 36 heavy (non-hydrogen) atoms. The molecule has 1 amide bonds. The molecule has 0 bridgehead atoms. The summed E-state index contributed by atoms with van der Waals surface area (Å²) in [6, 6.07) is 10.8. The maximum absolute atomic E-state index is 14.9. The van der Waals surface area contributed by atoms with Crippen LogP contribution >= 0.6 is 12.4 Å². The zero-order valence-corrected chi connectivity index (χ0v) is 20.7. The number of benzene rings is 1. The molecule has 1 aromatic carbocycles. The van der Waals surface area contributed by atoms with Crippen LogP contribution in [0.4, 0.5) is 10.2 Å². The summed E-state index contributed by atoms with van der Waals surface area (Å²) >= 11 is 0. The first-order valence-electron chi connectivity index (χ1n) is 12.3. The van der Waals surface area contributed by atoms with E-state index >= 15 is 0 Å². The average molecular weight is 514 g/mol. The van der Waals surface area contributed by atoms with Crippen molar-refractivity contribution in [3.05, 3.63) is 63.8 Å². The van der Waals surface area contributed by atoms with Crippen LogP contribution in [-0.2, 0) is 17.9 Å². The molecule has 1 atom stereocenters. The third-order valence-corrected chi connectivity index (χ3v) is 7.42. The molecule has 3 aliphatic heterocycles. The molecule has 190 valence electrons. The first-order chi connectivity index (χ1) is 17.0. The van der Waals surface area contributed by atoms with Crippen LogP contribution in [0, 0.1) is 5.82 Å². The SMILES string of the molecule is Cl.O=C1COc2ccc(CNC3CCN(CC4CCn5c(=O)ccc6ccc(F)c4c65)CC3)nc2N1. The number of anilines is 1. The van der Waals surface area contributed by atoms with Gasteiger partial charge in [0.15, 0.2) is 18.2 Å². The summed E-state index contributed by atoms with van der Waals surface area (Å²) < 4.78 is 22.0. The van der Waals surface area contributed by atoms with Crippen molar-refractivity contribution in [2.45, 2.75) is 44.3 Å². The van der Waals surface area contributed by atoms with Gasteiger partial charge in [0.25, 0.3) is 11.5 Å². The number of ether oxygens (including phenoxy) is 1. The first-order valence-corrected chi connectivity index (χ1v) is 12.3. The second-order valence-electron chi connectivity index (χ2n) is 9.65. The lowest BCUT2D eigenvalue weighted by atomic mass is 9.88. The fraction of sp³-hybridized carbons (Fsp3) is 0.423. The highest BCUT2D eigenvalue weighted by atomic mass is 35.5. The van der Waals surface area contributed by atoms with Crippen LogP contribution in [0.5, 0.6) is 5.75 Å². The van der Waals surface area contributed by atoms with Crippen LogP contribution in [0.15, 0.2) is 41.2 Å². The van der Waals surface area contributed by atoms with Crippen LogP contribution in [0.2, 0.25) is 0 Å². The van der Waals surface area contributed by atoms with Gasteiger partial charge in [0.2, 0.25) is 0 Å². The monoisotopic (exact) mass is 513 g/mol. The number of aromatic nitrogens is 2. The maximum Gasteiger partial charge on any atom is 0.263 e. The molecule has 0 radical (unpaired) electrons. The Kier molecular flexibility index (Phi) is 6.96. The van der Waals surface area contributed by atoms with Gasteiger partial charge in [-0.2, -0.15) is 0 Å². The predicted molar refractivity (Wildman–Crippen MR) is 137 cm³/mol. The lowest BCUT2D eigenvalue weighted by Crippen LogP contribution is -2.44. The van der Waals surface area contributed by atoms with Crippen molar-refractivity contribution in [3.63, 3.8) is 0 Å². The summed E-state index contributed by atoms with van der Waals surface area (Å²) in [5.41, 5.74) is 2.26. The Bertz CT molecular complexity index is 1360. The standard InChI is InChI=1S/C26H28FN5O3.ClH/c27-20-4-1-16-2-6-23(34)32-12-7-17(24(20)25(16)32)14-31-10-8-18(9-11-31)28-13-19-3-5-21-26(29-19)30-22(33)15-35-21;/h1-6,17-18,28H,7-15H2,(H,29,30,33);1H. The Balaban J connectivity index is 0.00000267. The minimum absolute atomic E-state index is 0. The second kappa shape index (κ2) is 10.2. The number of pyridine rings is 2. The number of likely N-dealkylation sites (tertiary alicyclic amines) is 1. The molecule has 1 fully saturated rings. The van der Waals surface area contributed by atoms with E-state index in [1.807, 2.05) is 12.1 Å².